The Morgan fingerprint density at radius 3 is 2.36 bits per heavy atom. The van der Waals surface area contributed by atoms with E-state index in [0.717, 1.165) is 23.7 Å². The molecule has 1 aromatic carbocycles. The van der Waals surface area contributed by atoms with Crippen LogP contribution in [-0.2, 0) is 5.41 Å². The first-order valence-corrected chi connectivity index (χ1v) is 5.92. The van der Waals surface area contributed by atoms with E-state index in [2.05, 4.69) is 40.2 Å². The van der Waals surface area contributed by atoms with Crippen LogP contribution >= 0.6 is 15.9 Å². The molecule has 1 N–H and O–H groups in total. The van der Waals surface area contributed by atoms with Crippen LogP contribution in [0.1, 0.15) is 31.7 Å². The number of rotatable bonds is 3. The van der Waals surface area contributed by atoms with Gasteiger partial charge in [-0.2, -0.15) is 0 Å². The quantitative estimate of drug-likeness (QED) is 0.878. The van der Waals surface area contributed by atoms with E-state index in [-0.39, 0.29) is 11.5 Å². The predicted molar refractivity (Wildman–Crippen MR) is 61.4 cm³/mol. The molecule has 1 aliphatic rings. The first-order chi connectivity index (χ1) is 6.69. The molecule has 1 unspecified atom stereocenters. The van der Waals surface area contributed by atoms with Gasteiger partial charge in [-0.1, -0.05) is 35.0 Å². The van der Waals surface area contributed by atoms with Crippen LogP contribution in [-0.4, -0.2) is 11.2 Å². The molecule has 1 nitrogen and oxygen atoms in total. The van der Waals surface area contributed by atoms with Crippen molar-refractivity contribution in [1.29, 1.82) is 0 Å². The molecule has 76 valence electrons. The topological polar surface area (TPSA) is 20.2 Å². The second-order valence-electron chi connectivity index (χ2n) is 4.09. The molecule has 0 radical (unpaired) electrons. The second-order valence-corrected chi connectivity index (χ2v) is 5.00. The molecular formula is C12H15BrO. The summed E-state index contributed by atoms with van der Waals surface area (Å²) < 4.78 is 1.10. The van der Waals surface area contributed by atoms with Gasteiger partial charge in [0.2, 0.25) is 0 Å². The minimum atomic E-state index is -0.177. The number of aliphatic hydroxyl groups is 1. The Morgan fingerprint density at radius 1 is 1.36 bits per heavy atom. The highest BCUT2D eigenvalue weighted by Crippen LogP contribution is 2.51. The van der Waals surface area contributed by atoms with Crippen molar-refractivity contribution >= 4 is 15.9 Å². The maximum Gasteiger partial charge on any atom is 0.0634 e. The lowest BCUT2D eigenvalue weighted by Crippen LogP contribution is -2.24. The van der Waals surface area contributed by atoms with Gasteiger partial charge in [0.25, 0.3) is 0 Å². The van der Waals surface area contributed by atoms with Gasteiger partial charge in [-0.15, -0.1) is 0 Å². The Bertz CT molecular complexity index is 314. The van der Waals surface area contributed by atoms with E-state index in [1.165, 1.54) is 5.56 Å². The number of benzene rings is 1. The van der Waals surface area contributed by atoms with Crippen LogP contribution < -0.4 is 0 Å². The summed E-state index contributed by atoms with van der Waals surface area (Å²) >= 11 is 3.42. The van der Waals surface area contributed by atoms with Gasteiger partial charge < -0.3 is 5.11 Å². The van der Waals surface area contributed by atoms with Crippen LogP contribution in [0, 0.1) is 0 Å². The first kappa shape index (κ1) is 10.2. The fourth-order valence-electron chi connectivity index (χ4n) is 2.12. The largest absolute Gasteiger partial charge is 0.392 e. The number of hydrogen-bond acceptors (Lipinski definition) is 1. The first-order valence-electron chi connectivity index (χ1n) is 5.13. The molecule has 14 heavy (non-hydrogen) atoms. The average molecular weight is 255 g/mol. The van der Waals surface area contributed by atoms with Crippen molar-refractivity contribution in [2.45, 2.75) is 37.7 Å². The van der Waals surface area contributed by atoms with Crippen LogP contribution in [0.4, 0.5) is 0 Å². The third-order valence-electron chi connectivity index (χ3n) is 3.23. The van der Waals surface area contributed by atoms with Crippen molar-refractivity contribution in [2.24, 2.45) is 0 Å². The fraction of sp³-hybridized carbons (Fsp3) is 0.500. The Kier molecular flexibility index (Phi) is 2.67. The smallest absolute Gasteiger partial charge is 0.0634 e. The van der Waals surface area contributed by atoms with Gasteiger partial charge >= 0.3 is 0 Å². The van der Waals surface area contributed by atoms with Crippen LogP contribution in [0.3, 0.4) is 0 Å². The molecule has 0 bridgehead atoms. The standard InChI is InChI=1S/C12H15BrO/c1-2-11(14)12(7-8-12)9-3-5-10(13)6-4-9/h3-6,11,14H,2,7-8H2,1H3. The Morgan fingerprint density at radius 2 is 1.93 bits per heavy atom. The lowest BCUT2D eigenvalue weighted by atomic mass is 9.89. The van der Waals surface area contributed by atoms with Crippen molar-refractivity contribution in [3.8, 4) is 0 Å². The number of halogens is 1. The molecule has 0 spiro atoms. The van der Waals surface area contributed by atoms with E-state index >= 15 is 0 Å². The van der Waals surface area contributed by atoms with E-state index in [4.69, 9.17) is 0 Å². The van der Waals surface area contributed by atoms with Gasteiger partial charge in [0.1, 0.15) is 0 Å². The third kappa shape index (κ3) is 1.61. The summed E-state index contributed by atoms with van der Waals surface area (Å²) in [4.78, 5) is 0. The lowest BCUT2D eigenvalue weighted by molar-refractivity contribution is 0.127. The van der Waals surface area contributed by atoms with Crippen molar-refractivity contribution in [3.63, 3.8) is 0 Å². The lowest BCUT2D eigenvalue weighted by Gasteiger charge is -2.21. The van der Waals surface area contributed by atoms with E-state index in [1.54, 1.807) is 0 Å². The summed E-state index contributed by atoms with van der Waals surface area (Å²) in [5, 5.41) is 9.96. The fourth-order valence-corrected chi connectivity index (χ4v) is 2.39. The normalized spacial score (nSPS) is 20.5. The number of hydrogen-bond donors (Lipinski definition) is 1. The summed E-state index contributed by atoms with van der Waals surface area (Å²) in [6, 6.07) is 8.35. The monoisotopic (exact) mass is 254 g/mol. The molecule has 0 aromatic heterocycles. The van der Waals surface area contributed by atoms with Crippen LogP contribution in [0.25, 0.3) is 0 Å². The molecule has 1 saturated carbocycles. The minimum Gasteiger partial charge on any atom is -0.392 e. The molecule has 0 heterocycles. The zero-order valence-corrected chi connectivity index (χ0v) is 9.92. The maximum atomic E-state index is 9.96. The third-order valence-corrected chi connectivity index (χ3v) is 3.76. The van der Waals surface area contributed by atoms with Crippen molar-refractivity contribution in [2.75, 3.05) is 0 Å². The van der Waals surface area contributed by atoms with E-state index in [1.807, 2.05) is 6.92 Å². The Labute approximate surface area is 93.3 Å². The van der Waals surface area contributed by atoms with Crippen LogP contribution in [0.5, 0.6) is 0 Å². The van der Waals surface area contributed by atoms with Gasteiger partial charge in [0.15, 0.2) is 0 Å². The molecular weight excluding hydrogens is 240 g/mol. The van der Waals surface area contributed by atoms with E-state index in [9.17, 15) is 5.11 Å². The maximum absolute atomic E-state index is 9.96. The van der Waals surface area contributed by atoms with Crippen LogP contribution in [0.2, 0.25) is 0 Å². The summed E-state index contributed by atoms with van der Waals surface area (Å²) in [7, 11) is 0. The molecule has 0 amide bonds. The average Bonchev–Trinajstić information content (AvgIpc) is 2.99. The summed E-state index contributed by atoms with van der Waals surface area (Å²) in [6.07, 6.45) is 2.92. The highest BCUT2D eigenvalue weighted by Gasteiger charge is 2.49. The van der Waals surface area contributed by atoms with Crippen molar-refractivity contribution in [1.82, 2.24) is 0 Å². The van der Waals surface area contributed by atoms with Gasteiger partial charge in [-0.25, -0.2) is 0 Å². The summed E-state index contributed by atoms with van der Waals surface area (Å²) in [6.45, 7) is 2.05. The van der Waals surface area contributed by atoms with E-state index < -0.39 is 0 Å². The molecule has 1 aromatic rings. The van der Waals surface area contributed by atoms with Gasteiger partial charge in [0.05, 0.1) is 6.10 Å². The Hall–Kier alpha value is -0.340. The van der Waals surface area contributed by atoms with Crippen LogP contribution in [0.15, 0.2) is 28.7 Å². The molecule has 1 fully saturated rings. The SMILES string of the molecule is CCC(O)C1(c2ccc(Br)cc2)CC1. The molecule has 0 aliphatic heterocycles. The molecule has 1 atom stereocenters. The molecule has 2 rings (SSSR count). The Balaban J connectivity index is 2.26. The predicted octanol–water partition coefficient (Wildman–Crippen LogP) is 3.25. The van der Waals surface area contributed by atoms with E-state index in [0.29, 0.717) is 0 Å². The molecule has 1 aliphatic carbocycles. The van der Waals surface area contributed by atoms with Gasteiger partial charge in [0, 0.05) is 9.89 Å². The van der Waals surface area contributed by atoms with Gasteiger partial charge in [-0.3, -0.25) is 0 Å². The highest BCUT2D eigenvalue weighted by molar-refractivity contribution is 9.10. The van der Waals surface area contributed by atoms with Crippen molar-refractivity contribution in [3.05, 3.63) is 34.3 Å². The summed E-state index contributed by atoms with van der Waals surface area (Å²) in [5.41, 5.74) is 1.37. The zero-order valence-electron chi connectivity index (χ0n) is 8.33. The number of aliphatic hydroxyl groups excluding tert-OH is 1. The zero-order chi connectivity index (χ0) is 10.2. The molecule has 0 saturated heterocycles. The molecule has 2 heteroatoms. The highest BCUT2D eigenvalue weighted by atomic mass is 79.9. The van der Waals surface area contributed by atoms with Crippen molar-refractivity contribution < 1.29 is 5.11 Å². The minimum absolute atomic E-state index is 0.0788. The second kappa shape index (κ2) is 3.67. The van der Waals surface area contributed by atoms with Gasteiger partial charge in [-0.05, 0) is 37.0 Å². The summed E-state index contributed by atoms with van der Waals surface area (Å²) in [5.74, 6) is 0.